The van der Waals surface area contributed by atoms with Crippen LogP contribution in [-0.2, 0) is 16.2 Å². The predicted octanol–water partition coefficient (Wildman–Crippen LogP) is 2.79. The number of likely N-dealkylation sites (tertiary alicyclic amines) is 1. The van der Waals surface area contributed by atoms with Gasteiger partial charge in [0.05, 0.1) is 5.92 Å². The molecule has 2 aliphatic heterocycles. The SMILES string of the molecule is O=C(Nc1ccccc1)C1=NO[C@@H]2CN(Cc3cc(F)ccc3F)C[C@H]12. The topological polar surface area (TPSA) is 53.9 Å². The van der Waals surface area contributed by atoms with Gasteiger partial charge in [-0.25, -0.2) is 8.78 Å². The van der Waals surface area contributed by atoms with Crippen LogP contribution >= 0.6 is 0 Å². The standard InChI is InChI=1S/C19H17F2N3O2/c20-13-6-7-16(21)12(8-13)9-24-10-15-17(11-24)26-23-18(15)19(25)22-14-4-2-1-3-5-14/h1-8,15,17H,9-11H2,(H,22,25)/t15-,17+/m0/s1. The van der Waals surface area contributed by atoms with Crippen molar-refractivity contribution in [1.29, 1.82) is 0 Å². The summed E-state index contributed by atoms with van der Waals surface area (Å²) >= 11 is 0. The van der Waals surface area contributed by atoms with Crippen LogP contribution in [0.4, 0.5) is 14.5 Å². The first-order valence-corrected chi connectivity index (χ1v) is 8.36. The van der Waals surface area contributed by atoms with E-state index in [0.29, 0.717) is 24.5 Å². The minimum atomic E-state index is -0.471. The lowest BCUT2D eigenvalue weighted by molar-refractivity contribution is -0.110. The number of oxime groups is 1. The average Bonchev–Trinajstić information content (AvgIpc) is 3.19. The summed E-state index contributed by atoms with van der Waals surface area (Å²) < 4.78 is 27.2. The van der Waals surface area contributed by atoms with Crippen molar-refractivity contribution in [1.82, 2.24) is 4.90 Å². The van der Waals surface area contributed by atoms with Gasteiger partial charge in [0.1, 0.15) is 17.7 Å². The zero-order chi connectivity index (χ0) is 18.1. The second-order valence-electron chi connectivity index (χ2n) is 6.48. The highest BCUT2D eigenvalue weighted by Crippen LogP contribution is 2.29. The van der Waals surface area contributed by atoms with E-state index in [2.05, 4.69) is 10.5 Å². The lowest BCUT2D eigenvalue weighted by Crippen LogP contribution is -2.32. The maximum absolute atomic E-state index is 13.8. The Morgan fingerprint density at radius 3 is 2.81 bits per heavy atom. The monoisotopic (exact) mass is 357 g/mol. The summed E-state index contributed by atoms with van der Waals surface area (Å²) in [5.74, 6) is -1.40. The lowest BCUT2D eigenvalue weighted by Gasteiger charge is -2.16. The van der Waals surface area contributed by atoms with Crippen LogP contribution in [0.3, 0.4) is 0 Å². The molecule has 4 rings (SSSR count). The van der Waals surface area contributed by atoms with E-state index in [-0.39, 0.29) is 30.0 Å². The van der Waals surface area contributed by atoms with Crippen molar-refractivity contribution in [3.05, 3.63) is 65.7 Å². The van der Waals surface area contributed by atoms with Gasteiger partial charge in [-0.05, 0) is 30.3 Å². The summed E-state index contributed by atoms with van der Waals surface area (Å²) in [5, 5.41) is 6.73. The first-order chi connectivity index (χ1) is 12.6. The number of carbonyl (C=O) groups excluding carboxylic acids is 1. The Bertz CT molecular complexity index is 857. The fourth-order valence-electron chi connectivity index (χ4n) is 3.37. The summed E-state index contributed by atoms with van der Waals surface area (Å²) in [6.45, 7) is 1.27. The highest BCUT2D eigenvalue weighted by molar-refractivity contribution is 6.44. The molecule has 2 aromatic carbocycles. The molecule has 1 N–H and O–H groups in total. The molecule has 0 aliphatic carbocycles. The highest BCUT2D eigenvalue weighted by atomic mass is 19.1. The van der Waals surface area contributed by atoms with E-state index in [1.54, 1.807) is 12.1 Å². The molecule has 0 aromatic heterocycles. The number of fused-ring (bicyclic) bond motifs is 1. The molecule has 134 valence electrons. The van der Waals surface area contributed by atoms with E-state index in [1.165, 1.54) is 6.07 Å². The highest BCUT2D eigenvalue weighted by Gasteiger charge is 2.44. The van der Waals surface area contributed by atoms with Crippen molar-refractivity contribution < 1.29 is 18.4 Å². The molecule has 7 heteroatoms. The number of amides is 1. The van der Waals surface area contributed by atoms with Crippen LogP contribution < -0.4 is 5.32 Å². The molecule has 0 saturated carbocycles. The Morgan fingerprint density at radius 1 is 1.19 bits per heavy atom. The third-order valence-electron chi connectivity index (χ3n) is 4.65. The molecule has 2 aromatic rings. The van der Waals surface area contributed by atoms with Gasteiger partial charge in [-0.15, -0.1) is 0 Å². The maximum Gasteiger partial charge on any atom is 0.273 e. The van der Waals surface area contributed by atoms with Crippen LogP contribution in [0.15, 0.2) is 53.7 Å². The van der Waals surface area contributed by atoms with Crippen LogP contribution in [0.2, 0.25) is 0 Å². The van der Waals surface area contributed by atoms with Gasteiger partial charge in [-0.2, -0.15) is 0 Å². The molecule has 5 nitrogen and oxygen atoms in total. The normalized spacial score (nSPS) is 21.8. The molecule has 2 atom stereocenters. The molecule has 1 amide bonds. The van der Waals surface area contributed by atoms with E-state index in [9.17, 15) is 13.6 Å². The van der Waals surface area contributed by atoms with Crippen molar-refractivity contribution in [3.63, 3.8) is 0 Å². The van der Waals surface area contributed by atoms with Crippen molar-refractivity contribution in [3.8, 4) is 0 Å². The molecule has 2 heterocycles. The molecule has 0 spiro atoms. The van der Waals surface area contributed by atoms with Crippen LogP contribution in [0.1, 0.15) is 5.56 Å². The third-order valence-corrected chi connectivity index (χ3v) is 4.65. The molecule has 1 fully saturated rings. The van der Waals surface area contributed by atoms with E-state index < -0.39 is 11.6 Å². The predicted molar refractivity (Wildman–Crippen MR) is 92.5 cm³/mol. The van der Waals surface area contributed by atoms with Crippen molar-refractivity contribution in [2.45, 2.75) is 12.6 Å². The zero-order valence-corrected chi connectivity index (χ0v) is 13.9. The summed E-state index contributed by atoms with van der Waals surface area (Å²) in [4.78, 5) is 19.8. The van der Waals surface area contributed by atoms with Gasteiger partial charge < -0.3 is 10.2 Å². The van der Waals surface area contributed by atoms with Crippen molar-refractivity contribution in [2.75, 3.05) is 18.4 Å². The summed E-state index contributed by atoms with van der Waals surface area (Å²) in [5.41, 5.74) is 1.30. The van der Waals surface area contributed by atoms with E-state index in [0.717, 1.165) is 12.1 Å². The number of hydrogen-bond acceptors (Lipinski definition) is 4. The van der Waals surface area contributed by atoms with Gasteiger partial charge in [0.2, 0.25) is 0 Å². The number of halogens is 2. The fourth-order valence-corrected chi connectivity index (χ4v) is 3.37. The van der Waals surface area contributed by atoms with Crippen molar-refractivity contribution >= 4 is 17.3 Å². The van der Waals surface area contributed by atoms with E-state index in [1.807, 2.05) is 23.1 Å². The molecule has 26 heavy (non-hydrogen) atoms. The van der Waals surface area contributed by atoms with Gasteiger partial charge in [0, 0.05) is 30.9 Å². The maximum atomic E-state index is 13.8. The molecule has 1 saturated heterocycles. The van der Waals surface area contributed by atoms with Gasteiger partial charge in [-0.3, -0.25) is 9.69 Å². The first-order valence-electron chi connectivity index (χ1n) is 8.36. The lowest BCUT2D eigenvalue weighted by atomic mass is 10.0. The van der Waals surface area contributed by atoms with E-state index in [4.69, 9.17) is 4.84 Å². The average molecular weight is 357 g/mol. The number of benzene rings is 2. The van der Waals surface area contributed by atoms with Gasteiger partial charge in [0.15, 0.2) is 5.71 Å². The first kappa shape index (κ1) is 16.7. The van der Waals surface area contributed by atoms with Crippen LogP contribution in [0.5, 0.6) is 0 Å². The quantitative estimate of drug-likeness (QED) is 0.916. The number of carbonyl (C=O) groups is 1. The fraction of sp³-hybridized carbons (Fsp3) is 0.263. The smallest absolute Gasteiger partial charge is 0.273 e. The Balaban J connectivity index is 1.42. The summed E-state index contributed by atoms with van der Waals surface area (Å²) in [6, 6.07) is 12.5. The zero-order valence-electron chi connectivity index (χ0n) is 13.9. The largest absolute Gasteiger partial charge is 0.390 e. The minimum absolute atomic E-state index is 0.185. The number of anilines is 1. The van der Waals surface area contributed by atoms with Crippen LogP contribution in [-0.4, -0.2) is 35.7 Å². The van der Waals surface area contributed by atoms with Crippen molar-refractivity contribution in [2.24, 2.45) is 11.1 Å². The molecular weight excluding hydrogens is 340 g/mol. The second kappa shape index (κ2) is 6.84. The Morgan fingerprint density at radius 2 is 2.00 bits per heavy atom. The molecule has 0 bridgehead atoms. The summed E-state index contributed by atoms with van der Waals surface area (Å²) in [6.07, 6.45) is -0.247. The van der Waals surface area contributed by atoms with Gasteiger partial charge in [0.25, 0.3) is 5.91 Å². The minimum Gasteiger partial charge on any atom is -0.390 e. The number of nitrogens with one attached hydrogen (secondary N) is 1. The Kier molecular flexibility index (Phi) is 4.38. The number of para-hydroxylation sites is 1. The Hall–Kier alpha value is -2.80. The number of hydrogen-bond donors (Lipinski definition) is 1. The van der Waals surface area contributed by atoms with E-state index >= 15 is 0 Å². The van der Waals surface area contributed by atoms with Crippen LogP contribution in [0.25, 0.3) is 0 Å². The molecular formula is C19H17F2N3O2. The van der Waals surface area contributed by atoms with Crippen LogP contribution in [0, 0.1) is 17.6 Å². The second-order valence-corrected chi connectivity index (χ2v) is 6.48. The third kappa shape index (κ3) is 3.30. The molecule has 0 radical (unpaired) electrons. The summed E-state index contributed by atoms with van der Waals surface area (Å²) in [7, 11) is 0. The molecule has 0 unspecified atom stereocenters. The number of rotatable bonds is 4. The van der Waals surface area contributed by atoms with Gasteiger partial charge in [-0.1, -0.05) is 23.4 Å². The Labute approximate surface area is 149 Å². The van der Waals surface area contributed by atoms with Gasteiger partial charge >= 0.3 is 0 Å². The number of nitrogens with zero attached hydrogens (tertiary/aromatic N) is 2. The molecule has 2 aliphatic rings.